The van der Waals surface area contributed by atoms with Gasteiger partial charge in [-0.1, -0.05) is 29.8 Å². The van der Waals surface area contributed by atoms with Gasteiger partial charge in [0.25, 0.3) is 5.56 Å². The van der Waals surface area contributed by atoms with E-state index >= 15 is 0 Å². The summed E-state index contributed by atoms with van der Waals surface area (Å²) in [6, 6.07) is 9.92. The van der Waals surface area contributed by atoms with Crippen molar-refractivity contribution in [1.29, 1.82) is 0 Å². The van der Waals surface area contributed by atoms with E-state index in [4.69, 9.17) is 11.6 Å². The maximum Gasteiger partial charge on any atom is 0.418 e. The Morgan fingerprint density at radius 3 is 2.24 bits per heavy atom. The quantitative estimate of drug-likeness (QED) is 0.721. The zero-order chi connectivity index (χ0) is 18.4. The number of aromatic amines is 1. The molecule has 0 aliphatic carbocycles. The third-order valence-electron chi connectivity index (χ3n) is 3.54. The molecule has 0 atom stereocenters. The van der Waals surface area contributed by atoms with Crippen molar-refractivity contribution in [2.45, 2.75) is 16.0 Å². The lowest BCUT2D eigenvalue weighted by Crippen LogP contribution is -2.25. The van der Waals surface area contributed by atoms with Crippen LogP contribution in [0.4, 0.5) is 13.2 Å². The fourth-order valence-corrected chi connectivity index (χ4v) is 4.22. The number of nitrogens with one attached hydrogen (secondary N) is 1. The van der Waals surface area contributed by atoms with Gasteiger partial charge in [0.2, 0.25) is 9.84 Å². The van der Waals surface area contributed by atoms with E-state index in [1.165, 1.54) is 30.3 Å². The van der Waals surface area contributed by atoms with E-state index < -0.39 is 42.3 Å². The van der Waals surface area contributed by atoms with Crippen LogP contribution in [0.15, 0.2) is 63.1 Å². The van der Waals surface area contributed by atoms with E-state index in [2.05, 4.69) is 4.98 Å². The van der Waals surface area contributed by atoms with Crippen molar-refractivity contribution < 1.29 is 21.6 Å². The first kappa shape index (κ1) is 17.5. The summed E-state index contributed by atoms with van der Waals surface area (Å²) < 4.78 is 66.4. The lowest BCUT2D eigenvalue weighted by atomic mass is 10.1. The van der Waals surface area contributed by atoms with Crippen LogP contribution in [0, 0.1) is 0 Å². The van der Waals surface area contributed by atoms with Crippen molar-refractivity contribution in [2.75, 3.05) is 0 Å². The van der Waals surface area contributed by atoms with Crippen LogP contribution in [0.1, 0.15) is 5.56 Å². The Bertz CT molecular complexity index is 1120. The van der Waals surface area contributed by atoms with E-state index in [9.17, 15) is 26.4 Å². The van der Waals surface area contributed by atoms with Crippen molar-refractivity contribution in [3.63, 3.8) is 0 Å². The fourth-order valence-electron chi connectivity index (χ4n) is 2.50. The van der Waals surface area contributed by atoms with Gasteiger partial charge in [-0.05, 0) is 30.3 Å². The van der Waals surface area contributed by atoms with Crippen LogP contribution in [0.3, 0.4) is 0 Å². The van der Waals surface area contributed by atoms with E-state index in [1.54, 1.807) is 0 Å². The summed E-state index contributed by atoms with van der Waals surface area (Å²) in [7, 11) is -4.69. The Morgan fingerprint density at radius 2 is 1.64 bits per heavy atom. The topological polar surface area (TPSA) is 67.0 Å². The van der Waals surface area contributed by atoms with Crippen molar-refractivity contribution in [3.8, 4) is 0 Å². The standard InChI is InChI=1S/C16H9ClF3NO3S/c17-9-6-7-12-11(8-9)13(16(18,19)20)14(15(22)21-12)25(23,24)10-4-2-1-3-5-10/h1-8H,(H,21,22). The first-order valence-corrected chi connectivity index (χ1v) is 8.71. The number of fused-ring (bicyclic) bond motifs is 1. The zero-order valence-corrected chi connectivity index (χ0v) is 13.8. The van der Waals surface area contributed by atoms with Crippen LogP contribution in [-0.2, 0) is 16.0 Å². The normalized spacial score (nSPS) is 12.5. The van der Waals surface area contributed by atoms with Gasteiger partial charge in [0, 0.05) is 15.9 Å². The van der Waals surface area contributed by atoms with Gasteiger partial charge >= 0.3 is 6.18 Å². The highest BCUT2D eigenvalue weighted by Gasteiger charge is 2.41. The average Bonchev–Trinajstić information content (AvgIpc) is 2.53. The van der Waals surface area contributed by atoms with Crippen LogP contribution in [0.5, 0.6) is 0 Å². The van der Waals surface area contributed by atoms with Crippen molar-refractivity contribution in [1.82, 2.24) is 4.98 Å². The Morgan fingerprint density at radius 1 is 1.00 bits per heavy atom. The van der Waals surface area contributed by atoms with Gasteiger partial charge in [0.05, 0.1) is 10.5 Å². The molecule has 9 heteroatoms. The lowest BCUT2D eigenvalue weighted by molar-refractivity contribution is -0.138. The molecule has 0 saturated heterocycles. The minimum Gasteiger partial charge on any atom is -0.321 e. The summed E-state index contributed by atoms with van der Waals surface area (Å²) in [6.07, 6.45) is -5.08. The maximum atomic E-state index is 13.7. The van der Waals surface area contributed by atoms with E-state index in [-0.39, 0.29) is 10.5 Å². The molecule has 3 aromatic rings. The van der Waals surface area contributed by atoms with Crippen molar-refractivity contribution in [3.05, 3.63) is 69.5 Å². The third kappa shape index (κ3) is 3.03. The highest BCUT2D eigenvalue weighted by molar-refractivity contribution is 7.91. The fraction of sp³-hybridized carbons (Fsp3) is 0.0625. The Hall–Kier alpha value is -2.32. The molecule has 0 amide bonds. The van der Waals surface area contributed by atoms with Crippen molar-refractivity contribution >= 4 is 32.3 Å². The average molecular weight is 388 g/mol. The molecule has 1 aromatic heterocycles. The highest BCUT2D eigenvalue weighted by Crippen LogP contribution is 2.39. The number of hydrogen-bond donors (Lipinski definition) is 1. The summed E-state index contributed by atoms with van der Waals surface area (Å²) >= 11 is 5.76. The maximum absolute atomic E-state index is 13.7. The second-order valence-corrected chi connectivity index (χ2v) is 7.49. The largest absolute Gasteiger partial charge is 0.418 e. The molecule has 0 unspecified atom stereocenters. The second kappa shape index (κ2) is 5.89. The zero-order valence-electron chi connectivity index (χ0n) is 12.3. The first-order chi connectivity index (χ1) is 11.6. The van der Waals surface area contributed by atoms with E-state index in [0.717, 1.165) is 18.2 Å². The summed E-state index contributed by atoms with van der Waals surface area (Å²) in [6.45, 7) is 0. The molecule has 1 heterocycles. The number of halogens is 4. The Labute approximate surface area is 144 Å². The van der Waals surface area contributed by atoms with E-state index in [1.807, 2.05) is 0 Å². The minimum atomic E-state index is -5.08. The van der Waals surface area contributed by atoms with Crippen LogP contribution >= 0.6 is 11.6 Å². The van der Waals surface area contributed by atoms with Gasteiger partial charge in [-0.15, -0.1) is 0 Å². The molecule has 1 N–H and O–H groups in total. The summed E-state index contributed by atoms with van der Waals surface area (Å²) in [5.41, 5.74) is -3.03. The van der Waals surface area contributed by atoms with Crippen LogP contribution in [0.2, 0.25) is 5.02 Å². The molecule has 0 spiro atoms. The number of H-pyrrole nitrogens is 1. The van der Waals surface area contributed by atoms with Gasteiger partial charge in [0.1, 0.15) is 4.90 Å². The number of alkyl halides is 3. The Balaban J connectivity index is 2.51. The molecule has 0 fully saturated rings. The number of pyridine rings is 1. The molecule has 130 valence electrons. The number of benzene rings is 2. The minimum absolute atomic E-state index is 0.0203. The number of sulfone groups is 1. The summed E-state index contributed by atoms with van der Waals surface area (Å²) in [5.74, 6) is 0. The molecular weight excluding hydrogens is 379 g/mol. The number of aromatic nitrogens is 1. The summed E-state index contributed by atoms with van der Waals surface area (Å²) in [4.78, 5) is 12.7. The second-order valence-electron chi connectivity index (χ2n) is 5.16. The highest BCUT2D eigenvalue weighted by atomic mass is 35.5. The molecule has 4 nitrogen and oxygen atoms in total. The van der Waals surface area contributed by atoms with E-state index in [0.29, 0.717) is 0 Å². The van der Waals surface area contributed by atoms with Gasteiger partial charge in [-0.2, -0.15) is 13.2 Å². The smallest absolute Gasteiger partial charge is 0.321 e. The van der Waals surface area contributed by atoms with Gasteiger partial charge in [-0.25, -0.2) is 8.42 Å². The van der Waals surface area contributed by atoms with Gasteiger partial charge in [0.15, 0.2) is 0 Å². The molecule has 0 radical (unpaired) electrons. The molecule has 25 heavy (non-hydrogen) atoms. The number of rotatable bonds is 2. The van der Waals surface area contributed by atoms with Gasteiger partial charge < -0.3 is 4.98 Å². The van der Waals surface area contributed by atoms with Crippen LogP contribution in [-0.4, -0.2) is 13.4 Å². The monoisotopic (exact) mass is 387 g/mol. The SMILES string of the molecule is O=c1[nH]c2ccc(Cl)cc2c(C(F)(F)F)c1S(=O)(=O)c1ccccc1. The molecule has 0 aliphatic rings. The van der Waals surface area contributed by atoms with Gasteiger partial charge in [-0.3, -0.25) is 4.79 Å². The van der Waals surface area contributed by atoms with Crippen molar-refractivity contribution in [2.24, 2.45) is 0 Å². The predicted octanol–water partition coefficient (Wildman–Crippen LogP) is 4.03. The molecule has 0 bridgehead atoms. The van der Waals surface area contributed by atoms with Crippen LogP contribution in [0.25, 0.3) is 10.9 Å². The summed E-state index contributed by atoms with van der Waals surface area (Å²) in [5, 5.41) is -0.512. The lowest BCUT2D eigenvalue weighted by Gasteiger charge is -2.15. The number of hydrogen-bond acceptors (Lipinski definition) is 3. The predicted molar refractivity (Wildman–Crippen MR) is 86.5 cm³/mol. The Kier molecular flexibility index (Phi) is 4.12. The molecule has 3 rings (SSSR count). The molecule has 0 aliphatic heterocycles. The first-order valence-electron chi connectivity index (χ1n) is 6.85. The third-order valence-corrected chi connectivity index (χ3v) is 5.59. The van der Waals surface area contributed by atoms with Crippen LogP contribution < -0.4 is 5.56 Å². The molecule has 0 saturated carbocycles. The molecule has 2 aromatic carbocycles. The molecular formula is C16H9ClF3NO3S.